The number of amides is 2. The predicted octanol–water partition coefficient (Wildman–Crippen LogP) is 2.01. The number of hydrogen-bond acceptors (Lipinski definition) is 2. The highest BCUT2D eigenvalue weighted by atomic mass is 16.2. The van der Waals surface area contributed by atoms with Crippen molar-refractivity contribution in [2.45, 2.75) is 52.4 Å². The van der Waals surface area contributed by atoms with Crippen LogP contribution in [-0.2, 0) is 9.59 Å². The van der Waals surface area contributed by atoms with Gasteiger partial charge in [-0.3, -0.25) is 20.4 Å². The van der Waals surface area contributed by atoms with Crippen molar-refractivity contribution in [3.8, 4) is 0 Å². The van der Waals surface area contributed by atoms with E-state index in [1.165, 1.54) is 19.3 Å². The van der Waals surface area contributed by atoms with Gasteiger partial charge < -0.3 is 0 Å². The number of carbonyl (C=O) groups excluding carboxylic acids is 2. The Labute approximate surface area is 114 Å². The third kappa shape index (κ3) is 2.26. The van der Waals surface area contributed by atoms with Crippen LogP contribution in [0.1, 0.15) is 52.4 Å². The molecule has 0 spiro atoms. The third-order valence-electron chi connectivity index (χ3n) is 5.34. The van der Waals surface area contributed by atoms with E-state index in [9.17, 15) is 9.59 Å². The molecule has 19 heavy (non-hydrogen) atoms. The maximum atomic E-state index is 12.5. The zero-order valence-electron chi connectivity index (χ0n) is 11.9. The molecule has 4 bridgehead atoms. The molecule has 0 aromatic heterocycles. The summed E-state index contributed by atoms with van der Waals surface area (Å²) in [6.07, 6.45) is 7.06. The molecule has 0 aliphatic heterocycles. The SMILES string of the molecule is CC(C)C(=O)NNC(=O)C12CC3CC(CC(C3)C1)C2. The largest absolute Gasteiger partial charge is 0.273 e. The molecule has 0 aromatic rings. The number of rotatable bonds is 2. The second-order valence-electron chi connectivity index (χ2n) is 7.30. The molecule has 4 aliphatic rings. The first kappa shape index (κ1) is 12.9. The molecule has 0 unspecified atom stereocenters. The summed E-state index contributed by atoms with van der Waals surface area (Å²) in [5, 5.41) is 0. The Morgan fingerprint density at radius 1 is 0.947 bits per heavy atom. The lowest BCUT2D eigenvalue weighted by atomic mass is 9.49. The van der Waals surface area contributed by atoms with Gasteiger partial charge in [-0.25, -0.2) is 0 Å². The minimum absolute atomic E-state index is 0.0561. The van der Waals surface area contributed by atoms with Gasteiger partial charge in [0.15, 0.2) is 0 Å². The van der Waals surface area contributed by atoms with Gasteiger partial charge in [-0.2, -0.15) is 0 Å². The van der Waals surface area contributed by atoms with Gasteiger partial charge in [-0.05, 0) is 56.3 Å². The van der Waals surface area contributed by atoms with Crippen LogP contribution in [0.5, 0.6) is 0 Å². The van der Waals surface area contributed by atoms with E-state index in [2.05, 4.69) is 10.9 Å². The van der Waals surface area contributed by atoms with Crippen molar-refractivity contribution in [3.63, 3.8) is 0 Å². The fourth-order valence-electron chi connectivity index (χ4n) is 4.78. The summed E-state index contributed by atoms with van der Waals surface area (Å²) in [6.45, 7) is 3.65. The summed E-state index contributed by atoms with van der Waals surface area (Å²) >= 11 is 0. The molecular formula is C15H24N2O2. The Balaban J connectivity index is 1.65. The lowest BCUT2D eigenvalue weighted by molar-refractivity contribution is -0.149. The Morgan fingerprint density at radius 2 is 1.42 bits per heavy atom. The lowest BCUT2D eigenvalue weighted by Gasteiger charge is -2.55. The van der Waals surface area contributed by atoms with Crippen LogP contribution in [0, 0.1) is 29.1 Å². The smallest absolute Gasteiger partial charge is 0.244 e. The van der Waals surface area contributed by atoms with E-state index < -0.39 is 0 Å². The zero-order valence-corrected chi connectivity index (χ0v) is 11.9. The van der Waals surface area contributed by atoms with Gasteiger partial charge in [-0.1, -0.05) is 13.8 Å². The summed E-state index contributed by atoms with van der Waals surface area (Å²) in [5.41, 5.74) is 5.07. The van der Waals surface area contributed by atoms with Crippen LogP contribution in [0.15, 0.2) is 0 Å². The average Bonchev–Trinajstić information content (AvgIpc) is 2.33. The molecule has 0 aromatic carbocycles. The van der Waals surface area contributed by atoms with E-state index >= 15 is 0 Å². The molecular weight excluding hydrogens is 240 g/mol. The standard InChI is InChI=1S/C15H24N2O2/c1-9(2)13(18)16-17-14(19)15-6-10-3-11(7-15)5-12(4-10)8-15/h9-12H,3-8H2,1-2H3,(H,16,18)(H,17,19). The average molecular weight is 264 g/mol. The third-order valence-corrected chi connectivity index (χ3v) is 5.34. The Bertz CT molecular complexity index is 368. The Morgan fingerprint density at radius 3 is 1.84 bits per heavy atom. The second kappa shape index (κ2) is 4.50. The summed E-state index contributed by atoms with van der Waals surface area (Å²) in [4.78, 5) is 24.0. The van der Waals surface area contributed by atoms with Gasteiger partial charge in [-0.15, -0.1) is 0 Å². The molecule has 106 valence electrons. The van der Waals surface area contributed by atoms with Gasteiger partial charge in [0.1, 0.15) is 0 Å². The monoisotopic (exact) mass is 264 g/mol. The molecule has 2 amide bonds. The van der Waals surface area contributed by atoms with Crippen molar-refractivity contribution in [2.24, 2.45) is 29.1 Å². The maximum absolute atomic E-state index is 12.5. The molecule has 4 saturated carbocycles. The summed E-state index contributed by atoms with van der Waals surface area (Å²) in [5.74, 6) is 2.09. The zero-order chi connectivity index (χ0) is 13.6. The first-order chi connectivity index (χ1) is 8.98. The number of carbonyl (C=O) groups is 2. The summed E-state index contributed by atoms with van der Waals surface area (Å²) in [7, 11) is 0. The van der Waals surface area contributed by atoms with E-state index in [0.29, 0.717) is 0 Å². The van der Waals surface area contributed by atoms with E-state index in [-0.39, 0.29) is 23.1 Å². The predicted molar refractivity (Wildman–Crippen MR) is 71.7 cm³/mol. The molecule has 2 N–H and O–H groups in total. The molecule has 4 aliphatic carbocycles. The van der Waals surface area contributed by atoms with E-state index in [0.717, 1.165) is 37.0 Å². The first-order valence-corrected chi connectivity index (χ1v) is 7.59. The highest BCUT2D eigenvalue weighted by molar-refractivity contribution is 5.86. The number of hydrazine groups is 1. The first-order valence-electron chi connectivity index (χ1n) is 7.59. The molecule has 0 heterocycles. The molecule has 4 heteroatoms. The van der Waals surface area contributed by atoms with E-state index in [1.807, 2.05) is 13.8 Å². The maximum Gasteiger partial charge on any atom is 0.244 e. The lowest BCUT2D eigenvalue weighted by Crippen LogP contribution is -2.57. The van der Waals surface area contributed by atoms with Crippen LogP contribution in [0.25, 0.3) is 0 Å². The fourth-order valence-corrected chi connectivity index (χ4v) is 4.78. The van der Waals surface area contributed by atoms with Crippen molar-refractivity contribution in [1.82, 2.24) is 10.9 Å². The van der Waals surface area contributed by atoms with Crippen molar-refractivity contribution >= 4 is 11.8 Å². The van der Waals surface area contributed by atoms with Gasteiger partial charge in [0.2, 0.25) is 11.8 Å². The molecule has 4 fully saturated rings. The quantitative estimate of drug-likeness (QED) is 0.750. The number of hydrogen-bond donors (Lipinski definition) is 2. The van der Waals surface area contributed by atoms with Crippen LogP contribution in [-0.4, -0.2) is 11.8 Å². The van der Waals surface area contributed by atoms with Gasteiger partial charge in [0.05, 0.1) is 5.41 Å². The van der Waals surface area contributed by atoms with Crippen molar-refractivity contribution in [1.29, 1.82) is 0 Å². The summed E-state index contributed by atoms with van der Waals surface area (Å²) in [6, 6.07) is 0. The van der Waals surface area contributed by atoms with Crippen molar-refractivity contribution in [2.75, 3.05) is 0 Å². The minimum atomic E-state index is -0.182. The molecule has 0 atom stereocenters. The summed E-state index contributed by atoms with van der Waals surface area (Å²) < 4.78 is 0. The topological polar surface area (TPSA) is 58.2 Å². The minimum Gasteiger partial charge on any atom is -0.273 e. The van der Waals surface area contributed by atoms with Crippen LogP contribution in [0.4, 0.5) is 0 Å². The molecule has 0 radical (unpaired) electrons. The molecule has 0 saturated heterocycles. The molecule has 4 nitrogen and oxygen atoms in total. The van der Waals surface area contributed by atoms with Gasteiger partial charge >= 0.3 is 0 Å². The second-order valence-corrected chi connectivity index (χ2v) is 7.30. The van der Waals surface area contributed by atoms with Gasteiger partial charge in [0, 0.05) is 5.92 Å². The number of nitrogens with one attached hydrogen (secondary N) is 2. The van der Waals surface area contributed by atoms with Crippen molar-refractivity contribution in [3.05, 3.63) is 0 Å². The highest BCUT2D eigenvalue weighted by Gasteiger charge is 2.54. The van der Waals surface area contributed by atoms with Crippen LogP contribution < -0.4 is 10.9 Å². The van der Waals surface area contributed by atoms with Crippen molar-refractivity contribution < 1.29 is 9.59 Å². The van der Waals surface area contributed by atoms with Crippen LogP contribution >= 0.6 is 0 Å². The van der Waals surface area contributed by atoms with Crippen LogP contribution in [0.3, 0.4) is 0 Å². The normalized spacial score (nSPS) is 39.4. The van der Waals surface area contributed by atoms with Crippen LogP contribution in [0.2, 0.25) is 0 Å². The van der Waals surface area contributed by atoms with E-state index in [1.54, 1.807) is 0 Å². The van der Waals surface area contributed by atoms with Gasteiger partial charge in [0.25, 0.3) is 0 Å². The fraction of sp³-hybridized carbons (Fsp3) is 0.867. The highest BCUT2D eigenvalue weighted by Crippen LogP contribution is 2.59. The van der Waals surface area contributed by atoms with E-state index in [4.69, 9.17) is 0 Å². The Hall–Kier alpha value is -1.06. The Kier molecular flexibility index (Phi) is 3.06. The molecule has 4 rings (SSSR count).